The first-order valence-corrected chi connectivity index (χ1v) is 5.99. The Morgan fingerprint density at radius 1 is 1.53 bits per heavy atom. The SMILES string of the molecule is CCNc1cnccc1C(=O)N(C)CC(C)C. The Bertz CT molecular complexity index is 377. The summed E-state index contributed by atoms with van der Waals surface area (Å²) in [7, 11) is 1.83. The highest BCUT2D eigenvalue weighted by Crippen LogP contribution is 2.15. The number of carbonyl (C=O) groups is 1. The van der Waals surface area contributed by atoms with E-state index < -0.39 is 0 Å². The molecule has 0 aliphatic rings. The van der Waals surface area contributed by atoms with Gasteiger partial charge in [0, 0.05) is 26.3 Å². The molecule has 0 aromatic carbocycles. The molecule has 0 radical (unpaired) electrons. The maximum absolute atomic E-state index is 12.2. The molecule has 1 amide bonds. The number of nitrogens with zero attached hydrogens (tertiary/aromatic N) is 2. The molecule has 0 bridgehead atoms. The van der Waals surface area contributed by atoms with Gasteiger partial charge in [-0.3, -0.25) is 9.78 Å². The third-order valence-corrected chi connectivity index (χ3v) is 2.40. The van der Waals surface area contributed by atoms with Crippen LogP contribution in [0.1, 0.15) is 31.1 Å². The van der Waals surface area contributed by atoms with Crippen LogP contribution in [-0.2, 0) is 0 Å². The number of pyridine rings is 1. The van der Waals surface area contributed by atoms with E-state index in [9.17, 15) is 4.79 Å². The van der Waals surface area contributed by atoms with Gasteiger partial charge in [-0.05, 0) is 18.9 Å². The summed E-state index contributed by atoms with van der Waals surface area (Å²) in [5, 5.41) is 3.16. The summed E-state index contributed by atoms with van der Waals surface area (Å²) in [5.74, 6) is 0.505. The summed E-state index contributed by atoms with van der Waals surface area (Å²) in [5.41, 5.74) is 1.49. The first kappa shape index (κ1) is 13.5. The molecule has 1 aromatic heterocycles. The largest absolute Gasteiger partial charge is 0.383 e. The average molecular weight is 235 g/mol. The van der Waals surface area contributed by atoms with Gasteiger partial charge in [0.25, 0.3) is 5.91 Å². The minimum Gasteiger partial charge on any atom is -0.383 e. The molecule has 0 aliphatic carbocycles. The third-order valence-electron chi connectivity index (χ3n) is 2.40. The van der Waals surface area contributed by atoms with Crippen LogP contribution in [0.2, 0.25) is 0 Å². The molecule has 17 heavy (non-hydrogen) atoms. The molecule has 0 atom stereocenters. The van der Waals surface area contributed by atoms with Crippen LogP contribution >= 0.6 is 0 Å². The molecule has 94 valence electrons. The van der Waals surface area contributed by atoms with Crippen molar-refractivity contribution in [3.05, 3.63) is 24.0 Å². The van der Waals surface area contributed by atoms with Gasteiger partial charge < -0.3 is 10.2 Å². The maximum Gasteiger partial charge on any atom is 0.255 e. The predicted molar refractivity (Wildman–Crippen MR) is 70.2 cm³/mol. The summed E-state index contributed by atoms with van der Waals surface area (Å²) in [6.45, 7) is 7.73. The molecule has 0 aliphatic heterocycles. The lowest BCUT2D eigenvalue weighted by Crippen LogP contribution is -2.30. The van der Waals surface area contributed by atoms with E-state index in [-0.39, 0.29) is 5.91 Å². The lowest BCUT2D eigenvalue weighted by molar-refractivity contribution is 0.0780. The Labute approximate surface area is 103 Å². The number of aromatic nitrogens is 1. The predicted octanol–water partition coefficient (Wildman–Crippen LogP) is 2.24. The van der Waals surface area contributed by atoms with Crippen LogP contribution < -0.4 is 5.32 Å². The molecule has 1 N–H and O–H groups in total. The molecule has 4 heteroatoms. The zero-order valence-electron chi connectivity index (χ0n) is 11.0. The van der Waals surface area contributed by atoms with Crippen molar-refractivity contribution in [3.8, 4) is 0 Å². The van der Waals surface area contributed by atoms with Crippen molar-refractivity contribution < 1.29 is 4.79 Å². The second-order valence-corrected chi connectivity index (χ2v) is 4.53. The van der Waals surface area contributed by atoms with Crippen molar-refractivity contribution in [2.75, 3.05) is 25.5 Å². The fraction of sp³-hybridized carbons (Fsp3) is 0.538. The summed E-state index contributed by atoms with van der Waals surface area (Å²) < 4.78 is 0. The van der Waals surface area contributed by atoms with E-state index in [1.54, 1.807) is 23.4 Å². The summed E-state index contributed by atoms with van der Waals surface area (Å²) >= 11 is 0. The van der Waals surface area contributed by atoms with Crippen molar-refractivity contribution in [1.82, 2.24) is 9.88 Å². The van der Waals surface area contributed by atoms with E-state index in [0.717, 1.165) is 18.8 Å². The Balaban J connectivity index is 2.87. The number of amides is 1. The normalized spacial score (nSPS) is 10.4. The highest BCUT2D eigenvalue weighted by molar-refractivity contribution is 5.99. The van der Waals surface area contributed by atoms with Gasteiger partial charge in [-0.2, -0.15) is 0 Å². The molecular formula is C13H21N3O. The van der Waals surface area contributed by atoms with Crippen molar-refractivity contribution in [3.63, 3.8) is 0 Å². The molecule has 0 saturated carbocycles. The number of anilines is 1. The fourth-order valence-corrected chi connectivity index (χ4v) is 1.75. The van der Waals surface area contributed by atoms with Gasteiger partial charge in [0.05, 0.1) is 17.4 Å². The van der Waals surface area contributed by atoms with Gasteiger partial charge in [-0.1, -0.05) is 13.8 Å². The topological polar surface area (TPSA) is 45.2 Å². The van der Waals surface area contributed by atoms with E-state index in [0.29, 0.717) is 11.5 Å². The molecule has 0 spiro atoms. The van der Waals surface area contributed by atoms with Gasteiger partial charge in [0.15, 0.2) is 0 Å². The molecule has 1 rings (SSSR count). The van der Waals surface area contributed by atoms with Gasteiger partial charge in [0.2, 0.25) is 0 Å². The lowest BCUT2D eigenvalue weighted by Gasteiger charge is -2.20. The molecule has 1 aromatic rings. The Morgan fingerprint density at radius 3 is 2.82 bits per heavy atom. The van der Waals surface area contributed by atoms with E-state index in [4.69, 9.17) is 0 Å². The highest BCUT2D eigenvalue weighted by atomic mass is 16.2. The van der Waals surface area contributed by atoms with Gasteiger partial charge >= 0.3 is 0 Å². The first-order valence-electron chi connectivity index (χ1n) is 5.99. The van der Waals surface area contributed by atoms with Crippen LogP contribution in [0.15, 0.2) is 18.5 Å². The van der Waals surface area contributed by atoms with Crippen molar-refractivity contribution in [2.45, 2.75) is 20.8 Å². The van der Waals surface area contributed by atoms with Crippen LogP contribution in [0.4, 0.5) is 5.69 Å². The van der Waals surface area contributed by atoms with Crippen LogP contribution in [0.3, 0.4) is 0 Å². The lowest BCUT2D eigenvalue weighted by atomic mass is 10.1. The first-order chi connectivity index (χ1) is 8.06. The number of nitrogens with one attached hydrogen (secondary N) is 1. The summed E-state index contributed by atoms with van der Waals surface area (Å²) in [6, 6.07) is 1.76. The van der Waals surface area contributed by atoms with Gasteiger partial charge in [-0.15, -0.1) is 0 Å². The summed E-state index contributed by atoms with van der Waals surface area (Å²) in [4.78, 5) is 18.0. The zero-order chi connectivity index (χ0) is 12.8. The minimum absolute atomic E-state index is 0.0389. The number of hydrogen-bond acceptors (Lipinski definition) is 3. The number of hydrogen-bond donors (Lipinski definition) is 1. The van der Waals surface area contributed by atoms with E-state index in [2.05, 4.69) is 24.1 Å². The summed E-state index contributed by atoms with van der Waals surface area (Å²) in [6.07, 6.45) is 3.34. The molecule has 4 nitrogen and oxygen atoms in total. The van der Waals surface area contributed by atoms with E-state index >= 15 is 0 Å². The number of rotatable bonds is 5. The molecular weight excluding hydrogens is 214 g/mol. The van der Waals surface area contributed by atoms with E-state index in [1.165, 1.54) is 0 Å². The van der Waals surface area contributed by atoms with E-state index in [1.807, 2.05) is 14.0 Å². The molecule has 0 fully saturated rings. The van der Waals surface area contributed by atoms with Gasteiger partial charge in [0.1, 0.15) is 0 Å². The van der Waals surface area contributed by atoms with Crippen molar-refractivity contribution >= 4 is 11.6 Å². The number of carbonyl (C=O) groups excluding carboxylic acids is 1. The van der Waals surface area contributed by atoms with Crippen molar-refractivity contribution in [2.24, 2.45) is 5.92 Å². The second kappa shape index (κ2) is 6.23. The molecule has 0 unspecified atom stereocenters. The molecule has 1 heterocycles. The Morgan fingerprint density at radius 2 is 2.24 bits per heavy atom. The highest BCUT2D eigenvalue weighted by Gasteiger charge is 2.16. The Hall–Kier alpha value is -1.58. The van der Waals surface area contributed by atoms with Crippen LogP contribution in [0, 0.1) is 5.92 Å². The quantitative estimate of drug-likeness (QED) is 0.851. The van der Waals surface area contributed by atoms with Crippen LogP contribution in [-0.4, -0.2) is 35.9 Å². The van der Waals surface area contributed by atoms with Crippen molar-refractivity contribution in [1.29, 1.82) is 0 Å². The smallest absolute Gasteiger partial charge is 0.255 e. The monoisotopic (exact) mass is 235 g/mol. The fourth-order valence-electron chi connectivity index (χ4n) is 1.75. The zero-order valence-corrected chi connectivity index (χ0v) is 11.0. The maximum atomic E-state index is 12.2. The van der Waals surface area contributed by atoms with Crippen LogP contribution in [0.5, 0.6) is 0 Å². The average Bonchev–Trinajstić information content (AvgIpc) is 2.28. The van der Waals surface area contributed by atoms with Gasteiger partial charge in [-0.25, -0.2) is 0 Å². The third kappa shape index (κ3) is 3.73. The standard InChI is InChI=1S/C13H21N3O/c1-5-15-12-8-14-7-6-11(12)13(17)16(4)9-10(2)3/h6-8,10,15H,5,9H2,1-4H3. The second-order valence-electron chi connectivity index (χ2n) is 4.53. The Kier molecular flexibility index (Phi) is 4.94. The molecule has 0 saturated heterocycles. The minimum atomic E-state index is 0.0389. The van der Waals surface area contributed by atoms with Crippen LogP contribution in [0.25, 0.3) is 0 Å².